The van der Waals surface area contributed by atoms with Gasteiger partial charge in [-0.3, -0.25) is 0 Å². The highest BCUT2D eigenvalue weighted by atomic mass is 32.1. The number of para-hydroxylation sites is 1. The number of carboxylic acids is 1. The van der Waals surface area contributed by atoms with Gasteiger partial charge in [-0.1, -0.05) is 12.1 Å². The monoisotopic (exact) mass is 223 g/mol. The van der Waals surface area contributed by atoms with Crippen molar-refractivity contribution in [1.29, 1.82) is 0 Å². The first-order valence-corrected chi connectivity index (χ1v) is 5.18. The van der Waals surface area contributed by atoms with Crippen LogP contribution in [-0.2, 0) is 4.79 Å². The number of aryl methyl sites for hydroxylation is 1. The molecule has 5 heteroatoms. The number of nitrogens with zero attached hydrogens (tertiary/aromatic N) is 1. The van der Waals surface area contributed by atoms with E-state index in [4.69, 9.17) is 5.11 Å². The van der Waals surface area contributed by atoms with Crippen molar-refractivity contribution in [3.8, 4) is 0 Å². The Morgan fingerprint density at radius 1 is 1.53 bits per heavy atom. The quantitative estimate of drug-likeness (QED) is 0.813. The molecule has 0 saturated heterocycles. The second kappa shape index (κ2) is 3.60. The number of thiazole rings is 1. The number of hydrogen-bond donors (Lipinski definition) is 2. The predicted molar refractivity (Wildman–Crippen MR) is 57.0 cm³/mol. The van der Waals surface area contributed by atoms with Gasteiger partial charge in [0.1, 0.15) is 0 Å². The number of benzene rings is 1. The molecular weight excluding hydrogens is 214 g/mol. The molecule has 0 aliphatic rings. The van der Waals surface area contributed by atoms with E-state index >= 15 is 0 Å². The summed E-state index contributed by atoms with van der Waals surface area (Å²) < 4.78 is 0.894. The molecule has 0 aliphatic heterocycles. The van der Waals surface area contributed by atoms with E-state index in [1.165, 1.54) is 11.3 Å². The molecule has 0 radical (unpaired) electrons. The summed E-state index contributed by atoms with van der Waals surface area (Å²) in [5.74, 6) is -1.26. The number of rotatable bonds is 2. The number of aromatic nitrogens is 1. The van der Waals surface area contributed by atoms with Gasteiger partial charge in [-0.25, -0.2) is 9.78 Å². The maximum Gasteiger partial charge on any atom is 0.337 e. The third kappa shape index (κ3) is 1.71. The van der Waals surface area contributed by atoms with E-state index in [0.717, 1.165) is 9.71 Å². The van der Waals surface area contributed by atoms with E-state index in [9.17, 15) is 9.90 Å². The van der Waals surface area contributed by atoms with Gasteiger partial charge in [-0.2, -0.15) is 0 Å². The molecule has 2 aromatic rings. The fourth-order valence-corrected chi connectivity index (χ4v) is 2.30. The lowest BCUT2D eigenvalue weighted by Gasteiger charge is -2.05. The molecule has 0 saturated carbocycles. The van der Waals surface area contributed by atoms with E-state index in [-0.39, 0.29) is 0 Å². The molecule has 1 aromatic heterocycles. The van der Waals surface area contributed by atoms with Gasteiger partial charge in [0.15, 0.2) is 6.10 Å². The van der Waals surface area contributed by atoms with Crippen molar-refractivity contribution < 1.29 is 15.0 Å². The van der Waals surface area contributed by atoms with Gasteiger partial charge in [0.25, 0.3) is 0 Å². The lowest BCUT2D eigenvalue weighted by Crippen LogP contribution is -2.10. The summed E-state index contributed by atoms with van der Waals surface area (Å²) in [6, 6.07) is 5.17. The summed E-state index contributed by atoms with van der Waals surface area (Å²) in [5, 5.41) is 19.1. The van der Waals surface area contributed by atoms with Crippen molar-refractivity contribution in [2.75, 3.05) is 0 Å². The second-order valence-electron chi connectivity index (χ2n) is 3.17. The predicted octanol–water partition coefficient (Wildman–Crippen LogP) is 1.72. The van der Waals surface area contributed by atoms with Crippen LogP contribution in [0, 0.1) is 6.92 Å². The molecule has 1 unspecified atom stereocenters. The Kier molecular flexibility index (Phi) is 2.42. The zero-order chi connectivity index (χ0) is 11.0. The van der Waals surface area contributed by atoms with E-state index in [1.807, 2.05) is 13.0 Å². The lowest BCUT2D eigenvalue weighted by atomic mass is 10.1. The van der Waals surface area contributed by atoms with Crippen LogP contribution >= 0.6 is 11.3 Å². The second-order valence-corrected chi connectivity index (χ2v) is 4.40. The first-order chi connectivity index (χ1) is 7.09. The van der Waals surface area contributed by atoms with Gasteiger partial charge >= 0.3 is 5.97 Å². The summed E-state index contributed by atoms with van der Waals surface area (Å²) in [6.45, 7) is 1.85. The summed E-state index contributed by atoms with van der Waals surface area (Å²) in [7, 11) is 0. The van der Waals surface area contributed by atoms with Crippen molar-refractivity contribution in [3.05, 3.63) is 28.8 Å². The van der Waals surface area contributed by atoms with E-state index in [0.29, 0.717) is 11.1 Å². The third-order valence-electron chi connectivity index (χ3n) is 2.09. The van der Waals surface area contributed by atoms with Gasteiger partial charge < -0.3 is 10.2 Å². The van der Waals surface area contributed by atoms with Crippen molar-refractivity contribution >= 4 is 27.5 Å². The Balaban J connectivity index is 2.64. The first kappa shape index (κ1) is 10.1. The van der Waals surface area contributed by atoms with Crippen LogP contribution in [0.5, 0.6) is 0 Å². The van der Waals surface area contributed by atoms with Crippen molar-refractivity contribution in [2.45, 2.75) is 13.0 Å². The molecule has 1 heterocycles. The molecule has 1 atom stereocenters. The van der Waals surface area contributed by atoms with Crippen molar-refractivity contribution in [3.63, 3.8) is 0 Å². The Bertz CT molecular complexity index is 520. The summed E-state index contributed by atoms with van der Waals surface area (Å²) >= 11 is 1.48. The van der Waals surface area contributed by atoms with Crippen LogP contribution in [0.1, 0.15) is 16.7 Å². The number of aliphatic carboxylic acids is 1. The molecule has 15 heavy (non-hydrogen) atoms. The minimum atomic E-state index is -1.50. The molecule has 2 rings (SSSR count). The molecule has 0 spiro atoms. The molecule has 0 amide bonds. The van der Waals surface area contributed by atoms with E-state index in [1.54, 1.807) is 12.1 Å². The van der Waals surface area contributed by atoms with Crippen molar-refractivity contribution in [1.82, 2.24) is 4.98 Å². The zero-order valence-corrected chi connectivity index (χ0v) is 8.78. The summed E-state index contributed by atoms with van der Waals surface area (Å²) in [5.41, 5.74) is 0.930. The van der Waals surface area contributed by atoms with Crippen LogP contribution in [0.15, 0.2) is 18.2 Å². The molecule has 0 bridgehead atoms. The fourth-order valence-electron chi connectivity index (χ4n) is 1.43. The number of aliphatic hydroxyl groups excluding tert-OH is 1. The average Bonchev–Trinajstić information content (AvgIpc) is 2.56. The normalized spacial score (nSPS) is 12.9. The molecule has 0 aliphatic carbocycles. The summed E-state index contributed by atoms with van der Waals surface area (Å²) in [4.78, 5) is 14.9. The Labute approximate surface area is 89.8 Å². The first-order valence-electron chi connectivity index (χ1n) is 4.36. The minimum absolute atomic E-state index is 0.351. The highest BCUT2D eigenvalue weighted by Gasteiger charge is 2.19. The average molecular weight is 223 g/mol. The number of hydrogen-bond acceptors (Lipinski definition) is 4. The van der Waals surface area contributed by atoms with Crippen LogP contribution in [0.3, 0.4) is 0 Å². The smallest absolute Gasteiger partial charge is 0.337 e. The maximum absolute atomic E-state index is 10.7. The summed E-state index contributed by atoms with van der Waals surface area (Å²) in [6.07, 6.45) is -1.50. The van der Waals surface area contributed by atoms with E-state index in [2.05, 4.69) is 4.98 Å². The van der Waals surface area contributed by atoms with Crippen LogP contribution in [-0.4, -0.2) is 21.2 Å². The van der Waals surface area contributed by atoms with Crippen LogP contribution in [0.4, 0.5) is 0 Å². The maximum atomic E-state index is 10.7. The van der Waals surface area contributed by atoms with Gasteiger partial charge in [0, 0.05) is 5.56 Å². The Morgan fingerprint density at radius 2 is 2.27 bits per heavy atom. The molecule has 4 nitrogen and oxygen atoms in total. The standard InChI is InChI=1S/C10H9NO3S/c1-5-11-8-6(9(12)10(13)14)3-2-4-7(8)15-5/h2-4,9,12H,1H3,(H,13,14). The van der Waals surface area contributed by atoms with Crippen LogP contribution in [0.2, 0.25) is 0 Å². The SMILES string of the molecule is Cc1nc2c(C(O)C(=O)O)cccc2s1. The van der Waals surface area contributed by atoms with Crippen LogP contribution < -0.4 is 0 Å². The lowest BCUT2D eigenvalue weighted by molar-refractivity contribution is -0.146. The molecule has 1 aromatic carbocycles. The Hall–Kier alpha value is -1.46. The van der Waals surface area contributed by atoms with Gasteiger partial charge in [0.05, 0.1) is 15.2 Å². The number of carbonyl (C=O) groups is 1. The van der Waals surface area contributed by atoms with Gasteiger partial charge in [0.2, 0.25) is 0 Å². The number of aliphatic hydroxyl groups is 1. The minimum Gasteiger partial charge on any atom is -0.479 e. The highest BCUT2D eigenvalue weighted by molar-refractivity contribution is 7.18. The van der Waals surface area contributed by atoms with Gasteiger partial charge in [-0.05, 0) is 13.0 Å². The molecule has 78 valence electrons. The molecule has 0 fully saturated rings. The third-order valence-corrected chi connectivity index (χ3v) is 3.02. The molecular formula is C10H9NO3S. The van der Waals surface area contributed by atoms with Crippen molar-refractivity contribution in [2.24, 2.45) is 0 Å². The van der Waals surface area contributed by atoms with E-state index < -0.39 is 12.1 Å². The fraction of sp³-hybridized carbons (Fsp3) is 0.200. The molecule has 2 N–H and O–H groups in total. The number of carboxylic acid groups (broad SMARTS) is 1. The zero-order valence-electron chi connectivity index (χ0n) is 7.97. The van der Waals surface area contributed by atoms with Gasteiger partial charge in [-0.15, -0.1) is 11.3 Å². The largest absolute Gasteiger partial charge is 0.479 e. The topological polar surface area (TPSA) is 70.4 Å². The highest BCUT2D eigenvalue weighted by Crippen LogP contribution is 2.28. The number of fused-ring (bicyclic) bond motifs is 1. The Morgan fingerprint density at radius 3 is 2.93 bits per heavy atom. The van der Waals surface area contributed by atoms with Crippen LogP contribution in [0.25, 0.3) is 10.2 Å².